The summed E-state index contributed by atoms with van der Waals surface area (Å²) in [5.41, 5.74) is -0.767. The third kappa shape index (κ3) is 5.29. The molecule has 3 heterocycles. The van der Waals surface area contributed by atoms with Gasteiger partial charge in [0.15, 0.2) is 0 Å². The molecular weight excluding hydrogens is 478 g/mol. The number of carbonyl (C=O) groups excluding carboxylic acids is 3. The average molecular weight is 508 g/mol. The first-order valence-electron chi connectivity index (χ1n) is 10.3. The van der Waals surface area contributed by atoms with Gasteiger partial charge < -0.3 is 24.2 Å². The Hall–Kier alpha value is -1.87. The molecule has 0 aromatic carbocycles. The van der Waals surface area contributed by atoms with Crippen LogP contribution in [0.25, 0.3) is 0 Å². The Labute approximate surface area is 196 Å². The number of hydrogen-bond acceptors (Lipinski definition) is 10. The first kappa shape index (κ1) is 25.7. The maximum absolute atomic E-state index is 12.9. The highest BCUT2D eigenvalue weighted by molar-refractivity contribution is 8.04. The zero-order valence-electron chi connectivity index (χ0n) is 19.0. The third-order valence-corrected chi connectivity index (χ3v) is 7.99. The number of esters is 1. The molecule has 0 aromatic rings. The Morgan fingerprint density at radius 3 is 2.39 bits per heavy atom. The van der Waals surface area contributed by atoms with Crippen molar-refractivity contribution in [1.29, 1.82) is 0 Å². The predicted molar refractivity (Wildman–Crippen MR) is 116 cm³/mol. The third-order valence-electron chi connectivity index (χ3n) is 5.53. The number of carbonyl (C=O) groups is 3. The van der Waals surface area contributed by atoms with E-state index in [9.17, 15) is 27.9 Å². The Balaban J connectivity index is 1.73. The number of rotatable bonds is 7. The van der Waals surface area contributed by atoms with Crippen LogP contribution in [0.3, 0.4) is 0 Å². The van der Waals surface area contributed by atoms with E-state index in [1.165, 1.54) is 23.6 Å². The molecule has 3 aliphatic heterocycles. The molecule has 0 unspecified atom stereocenters. The standard InChI is InChI=1S/C19H29N3O9S2/c1-9-13-12(10(2)23)16(24)22(13)14(15(9)32-11-6-21(7-11)33(20,27)28)17(25)29-8-30-18(26)31-19(3,4)5/h9-13,23H,6-8H2,1-5H3,(H2,20,27,28)/t9-,10-,12-,13-/m1/s1. The molecular formula is C19H29N3O9S2. The van der Waals surface area contributed by atoms with E-state index < -0.39 is 58.7 Å². The van der Waals surface area contributed by atoms with E-state index in [2.05, 4.69) is 0 Å². The maximum atomic E-state index is 12.9. The lowest BCUT2D eigenvalue weighted by Crippen LogP contribution is -2.63. The molecule has 0 aliphatic carbocycles. The number of amides is 1. The van der Waals surface area contributed by atoms with Gasteiger partial charge in [0.1, 0.15) is 11.3 Å². The summed E-state index contributed by atoms with van der Waals surface area (Å²) in [5.74, 6) is -2.22. The number of ether oxygens (including phenoxy) is 3. The molecule has 4 atom stereocenters. The lowest BCUT2D eigenvalue weighted by Gasteiger charge is -2.46. The minimum Gasteiger partial charge on any atom is -0.428 e. The number of thioether (sulfide) groups is 1. The Kier molecular flexibility index (Phi) is 7.07. The van der Waals surface area contributed by atoms with Gasteiger partial charge in [-0.25, -0.2) is 14.7 Å². The first-order chi connectivity index (χ1) is 15.1. The normalized spacial score (nSPS) is 26.9. The molecule has 0 aromatic heterocycles. The van der Waals surface area contributed by atoms with Gasteiger partial charge in [0, 0.05) is 29.2 Å². The smallest absolute Gasteiger partial charge is 0.428 e. The number of nitrogens with zero attached hydrogens (tertiary/aromatic N) is 2. The second-order valence-corrected chi connectivity index (χ2v) is 12.1. The van der Waals surface area contributed by atoms with Gasteiger partial charge in [-0.2, -0.15) is 12.7 Å². The van der Waals surface area contributed by atoms with E-state index in [-0.39, 0.29) is 30.0 Å². The van der Waals surface area contributed by atoms with Crippen molar-refractivity contribution in [2.75, 3.05) is 19.9 Å². The molecule has 2 fully saturated rings. The predicted octanol–water partition coefficient (Wildman–Crippen LogP) is 0.129. The van der Waals surface area contributed by atoms with E-state index in [1.54, 1.807) is 20.8 Å². The SMILES string of the molecule is C[C@@H](O)[C@H]1C(=O)N2C(C(=O)OCOC(=O)OC(C)(C)C)=C(SC3CN(S(N)(=O)=O)C3)[C@H](C)[C@H]12. The van der Waals surface area contributed by atoms with E-state index in [4.69, 9.17) is 19.3 Å². The minimum absolute atomic E-state index is 0.0150. The summed E-state index contributed by atoms with van der Waals surface area (Å²) in [6.07, 6.45) is -1.91. The first-order valence-corrected chi connectivity index (χ1v) is 12.7. The highest BCUT2D eigenvalue weighted by Gasteiger charge is 2.60. The van der Waals surface area contributed by atoms with Crippen molar-refractivity contribution < 1.29 is 42.1 Å². The lowest BCUT2D eigenvalue weighted by molar-refractivity contribution is -0.167. The Morgan fingerprint density at radius 1 is 1.27 bits per heavy atom. The summed E-state index contributed by atoms with van der Waals surface area (Å²) < 4.78 is 38.8. The number of β-lactam (4-membered cyclic amide) rings is 1. The summed E-state index contributed by atoms with van der Waals surface area (Å²) >= 11 is 1.28. The Bertz CT molecular complexity index is 967. The number of nitrogens with two attached hydrogens (primary N) is 1. The average Bonchev–Trinajstić information content (AvgIpc) is 2.83. The highest BCUT2D eigenvalue weighted by Crippen LogP contribution is 2.52. The topological polar surface area (TPSA) is 166 Å². The molecule has 3 aliphatic rings. The monoisotopic (exact) mass is 507 g/mol. The van der Waals surface area contributed by atoms with Crippen LogP contribution in [0.2, 0.25) is 0 Å². The van der Waals surface area contributed by atoms with Gasteiger partial charge in [-0.1, -0.05) is 6.92 Å². The zero-order chi connectivity index (χ0) is 24.9. The van der Waals surface area contributed by atoms with Gasteiger partial charge in [0.25, 0.3) is 10.2 Å². The quantitative estimate of drug-likeness (QED) is 0.275. The molecule has 1 amide bonds. The number of fused-ring (bicyclic) bond motifs is 1. The van der Waals surface area contributed by atoms with Crippen LogP contribution >= 0.6 is 11.8 Å². The van der Waals surface area contributed by atoms with Crippen LogP contribution in [-0.2, 0) is 34.0 Å². The van der Waals surface area contributed by atoms with E-state index in [0.717, 1.165) is 4.31 Å². The maximum Gasteiger partial charge on any atom is 0.511 e. The molecule has 2 saturated heterocycles. The summed E-state index contributed by atoms with van der Waals surface area (Å²) in [6.45, 7) is 7.93. The summed E-state index contributed by atoms with van der Waals surface area (Å²) in [6, 6.07) is -0.427. The number of aliphatic hydroxyl groups is 1. The van der Waals surface area contributed by atoms with Crippen molar-refractivity contribution in [3.63, 3.8) is 0 Å². The molecule has 33 heavy (non-hydrogen) atoms. The van der Waals surface area contributed by atoms with E-state index in [1.807, 2.05) is 6.92 Å². The molecule has 12 nitrogen and oxygen atoms in total. The van der Waals surface area contributed by atoms with Crippen LogP contribution in [-0.4, -0.2) is 83.6 Å². The Morgan fingerprint density at radius 2 is 1.88 bits per heavy atom. The summed E-state index contributed by atoms with van der Waals surface area (Å²) in [5, 5.41) is 15.0. The molecule has 0 radical (unpaired) electrons. The highest BCUT2D eigenvalue weighted by atomic mass is 32.2. The second kappa shape index (κ2) is 9.06. The lowest BCUT2D eigenvalue weighted by atomic mass is 9.79. The number of hydrogen-bond donors (Lipinski definition) is 2. The minimum atomic E-state index is -3.79. The van der Waals surface area contributed by atoms with Crippen molar-refractivity contribution >= 4 is 40.0 Å². The number of aliphatic hydroxyl groups excluding tert-OH is 1. The molecule has 0 spiro atoms. The zero-order valence-corrected chi connectivity index (χ0v) is 20.6. The van der Waals surface area contributed by atoms with E-state index >= 15 is 0 Å². The molecule has 14 heteroatoms. The van der Waals surface area contributed by atoms with Crippen molar-refractivity contribution in [2.45, 2.75) is 57.6 Å². The van der Waals surface area contributed by atoms with Gasteiger partial charge in [-0.15, -0.1) is 11.8 Å². The largest absolute Gasteiger partial charge is 0.511 e. The van der Waals surface area contributed by atoms with Crippen LogP contribution in [0, 0.1) is 11.8 Å². The summed E-state index contributed by atoms with van der Waals surface area (Å²) in [7, 11) is -3.79. The molecule has 0 bridgehead atoms. The van der Waals surface area contributed by atoms with Crippen molar-refractivity contribution in [2.24, 2.45) is 17.0 Å². The fraction of sp³-hybridized carbons (Fsp3) is 0.737. The van der Waals surface area contributed by atoms with Gasteiger partial charge >= 0.3 is 12.1 Å². The van der Waals surface area contributed by atoms with Crippen LogP contribution in [0.5, 0.6) is 0 Å². The van der Waals surface area contributed by atoms with Crippen molar-refractivity contribution in [3.05, 3.63) is 10.6 Å². The van der Waals surface area contributed by atoms with Crippen molar-refractivity contribution in [3.8, 4) is 0 Å². The fourth-order valence-electron chi connectivity index (χ4n) is 4.01. The molecule has 186 valence electrons. The van der Waals surface area contributed by atoms with Crippen LogP contribution in [0.4, 0.5) is 4.79 Å². The van der Waals surface area contributed by atoms with Crippen molar-refractivity contribution in [1.82, 2.24) is 9.21 Å². The molecule has 3 N–H and O–H groups in total. The molecule has 3 rings (SSSR count). The van der Waals surface area contributed by atoms with Crippen LogP contribution < -0.4 is 5.14 Å². The van der Waals surface area contributed by atoms with Crippen LogP contribution in [0.15, 0.2) is 10.6 Å². The summed E-state index contributed by atoms with van der Waals surface area (Å²) in [4.78, 5) is 39.1. The van der Waals surface area contributed by atoms with Crippen LogP contribution in [0.1, 0.15) is 34.6 Å². The van der Waals surface area contributed by atoms with E-state index in [0.29, 0.717) is 4.91 Å². The van der Waals surface area contributed by atoms with Gasteiger partial charge in [0.2, 0.25) is 12.7 Å². The van der Waals surface area contributed by atoms with Gasteiger partial charge in [0.05, 0.1) is 18.1 Å². The second-order valence-electron chi connectivity index (χ2n) is 9.23. The van der Waals surface area contributed by atoms with Gasteiger partial charge in [-0.3, -0.25) is 4.79 Å². The molecule has 0 saturated carbocycles. The van der Waals surface area contributed by atoms with Gasteiger partial charge in [-0.05, 0) is 27.7 Å². The fourth-order valence-corrected chi connectivity index (χ4v) is 6.49.